The first-order valence-electron chi connectivity index (χ1n) is 8.01. The lowest BCUT2D eigenvalue weighted by molar-refractivity contribution is 0.0679. The second-order valence-corrected chi connectivity index (χ2v) is 5.69. The van der Waals surface area contributed by atoms with Crippen molar-refractivity contribution in [1.29, 1.82) is 0 Å². The predicted octanol–water partition coefficient (Wildman–Crippen LogP) is 1.86. The van der Waals surface area contributed by atoms with E-state index in [4.69, 9.17) is 9.47 Å². The summed E-state index contributed by atoms with van der Waals surface area (Å²) in [7, 11) is 0. The Morgan fingerprint density at radius 2 is 2.12 bits per heavy atom. The molecule has 0 unspecified atom stereocenters. The van der Waals surface area contributed by atoms with Gasteiger partial charge in [-0.1, -0.05) is 12.1 Å². The Kier molecular flexibility index (Phi) is 5.28. The summed E-state index contributed by atoms with van der Waals surface area (Å²) >= 11 is 0. The van der Waals surface area contributed by atoms with E-state index in [1.807, 2.05) is 24.3 Å². The molecule has 24 heavy (non-hydrogen) atoms. The molecular formula is C18H20N2O4. The molecule has 1 aromatic carbocycles. The summed E-state index contributed by atoms with van der Waals surface area (Å²) in [6.45, 7) is 1.73. The summed E-state index contributed by atoms with van der Waals surface area (Å²) in [6, 6.07) is 10.6. The van der Waals surface area contributed by atoms with E-state index in [0.717, 1.165) is 30.8 Å². The lowest BCUT2D eigenvalue weighted by Crippen LogP contribution is -2.28. The molecule has 0 bridgehead atoms. The van der Waals surface area contributed by atoms with Crippen LogP contribution >= 0.6 is 0 Å². The molecular weight excluding hydrogens is 308 g/mol. The number of aromatic amines is 1. The first kappa shape index (κ1) is 16.3. The van der Waals surface area contributed by atoms with Crippen LogP contribution in [0.1, 0.15) is 28.8 Å². The zero-order chi connectivity index (χ0) is 16.8. The molecule has 1 aromatic heterocycles. The highest BCUT2D eigenvalue weighted by atomic mass is 16.5. The number of amides is 1. The fourth-order valence-electron chi connectivity index (χ4n) is 2.55. The topological polar surface area (TPSA) is 80.4 Å². The fraction of sp³-hybridized carbons (Fsp3) is 0.333. The van der Waals surface area contributed by atoms with Crippen LogP contribution in [-0.4, -0.2) is 30.2 Å². The van der Waals surface area contributed by atoms with Crippen LogP contribution in [-0.2, 0) is 11.3 Å². The van der Waals surface area contributed by atoms with Crippen molar-refractivity contribution < 1.29 is 14.3 Å². The van der Waals surface area contributed by atoms with Gasteiger partial charge in [-0.3, -0.25) is 9.59 Å². The zero-order valence-corrected chi connectivity index (χ0v) is 13.3. The second-order valence-electron chi connectivity index (χ2n) is 5.69. The molecule has 0 radical (unpaired) electrons. The lowest BCUT2D eigenvalue weighted by Gasteiger charge is -2.12. The fourth-order valence-corrected chi connectivity index (χ4v) is 2.55. The summed E-state index contributed by atoms with van der Waals surface area (Å²) in [6.07, 6.45) is 3.82. The normalized spacial score (nSPS) is 16.8. The highest BCUT2D eigenvalue weighted by Crippen LogP contribution is 2.16. The van der Waals surface area contributed by atoms with Crippen molar-refractivity contribution in [2.75, 3.05) is 13.2 Å². The van der Waals surface area contributed by atoms with Crippen molar-refractivity contribution in [2.24, 2.45) is 0 Å². The molecule has 6 nitrogen and oxygen atoms in total. The van der Waals surface area contributed by atoms with Crippen molar-refractivity contribution in [1.82, 2.24) is 10.3 Å². The van der Waals surface area contributed by atoms with Crippen LogP contribution in [0.2, 0.25) is 0 Å². The highest BCUT2D eigenvalue weighted by molar-refractivity contribution is 5.93. The standard InChI is InChI=1S/C18H20N2O4/c21-17-16(4-1-9-19-17)18(22)20-11-13-5-7-14(8-6-13)24-12-15-3-2-10-23-15/h1,4-9,15H,2-3,10-12H2,(H,19,21)(H,20,22)/t15-/m1/s1. The van der Waals surface area contributed by atoms with Crippen molar-refractivity contribution in [3.8, 4) is 5.75 Å². The van der Waals surface area contributed by atoms with Gasteiger partial charge in [-0.15, -0.1) is 0 Å². The van der Waals surface area contributed by atoms with Crippen LogP contribution in [0.15, 0.2) is 47.4 Å². The third-order valence-corrected chi connectivity index (χ3v) is 3.90. The minimum Gasteiger partial charge on any atom is -0.491 e. The van der Waals surface area contributed by atoms with Crippen molar-refractivity contribution in [3.05, 3.63) is 64.1 Å². The average Bonchev–Trinajstić information content (AvgIpc) is 3.13. The zero-order valence-electron chi connectivity index (χ0n) is 13.3. The number of carbonyl (C=O) groups excluding carboxylic acids is 1. The van der Waals surface area contributed by atoms with Gasteiger partial charge in [0, 0.05) is 19.3 Å². The highest BCUT2D eigenvalue weighted by Gasteiger charge is 2.15. The second kappa shape index (κ2) is 7.79. The van der Waals surface area contributed by atoms with Crippen molar-refractivity contribution in [3.63, 3.8) is 0 Å². The Morgan fingerprint density at radius 3 is 2.83 bits per heavy atom. The lowest BCUT2D eigenvalue weighted by atomic mass is 10.2. The molecule has 0 saturated carbocycles. The van der Waals surface area contributed by atoms with Crippen LogP contribution in [0.4, 0.5) is 0 Å². The maximum Gasteiger partial charge on any atom is 0.260 e. The van der Waals surface area contributed by atoms with Gasteiger partial charge in [0.1, 0.15) is 17.9 Å². The Balaban J connectivity index is 1.50. The molecule has 2 heterocycles. The number of hydrogen-bond donors (Lipinski definition) is 2. The van der Waals surface area contributed by atoms with E-state index in [9.17, 15) is 9.59 Å². The molecule has 1 atom stereocenters. The van der Waals surface area contributed by atoms with Crippen LogP contribution in [0.3, 0.4) is 0 Å². The number of pyridine rings is 1. The number of rotatable bonds is 6. The Labute approximate surface area is 139 Å². The van der Waals surface area contributed by atoms with Gasteiger partial charge in [0.25, 0.3) is 11.5 Å². The van der Waals surface area contributed by atoms with E-state index in [0.29, 0.717) is 13.2 Å². The van der Waals surface area contributed by atoms with E-state index < -0.39 is 11.5 Å². The van der Waals surface area contributed by atoms with Gasteiger partial charge in [-0.05, 0) is 42.7 Å². The first-order chi connectivity index (χ1) is 11.7. The summed E-state index contributed by atoms with van der Waals surface area (Å²) in [5.41, 5.74) is 0.641. The molecule has 0 aliphatic carbocycles. The smallest absolute Gasteiger partial charge is 0.260 e. The molecule has 1 aliphatic heterocycles. The van der Waals surface area contributed by atoms with Crippen molar-refractivity contribution in [2.45, 2.75) is 25.5 Å². The summed E-state index contributed by atoms with van der Waals surface area (Å²) in [4.78, 5) is 26.0. The van der Waals surface area contributed by atoms with Gasteiger partial charge in [-0.2, -0.15) is 0 Å². The van der Waals surface area contributed by atoms with Gasteiger partial charge < -0.3 is 19.8 Å². The van der Waals surface area contributed by atoms with Crippen LogP contribution < -0.4 is 15.6 Å². The molecule has 0 spiro atoms. The van der Waals surface area contributed by atoms with E-state index in [1.165, 1.54) is 12.3 Å². The summed E-state index contributed by atoms with van der Waals surface area (Å²) in [5.74, 6) is 0.385. The summed E-state index contributed by atoms with van der Waals surface area (Å²) < 4.78 is 11.2. The largest absolute Gasteiger partial charge is 0.491 e. The Morgan fingerprint density at radius 1 is 1.29 bits per heavy atom. The molecule has 1 aliphatic rings. The Bertz CT molecular complexity index is 733. The third-order valence-electron chi connectivity index (χ3n) is 3.90. The molecule has 126 valence electrons. The number of H-pyrrole nitrogens is 1. The number of nitrogens with one attached hydrogen (secondary N) is 2. The molecule has 1 fully saturated rings. The summed E-state index contributed by atoms with van der Waals surface area (Å²) in [5, 5.41) is 2.73. The number of benzene rings is 1. The van der Waals surface area contributed by atoms with Gasteiger partial charge in [-0.25, -0.2) is 0 Å². The number of aromatic nitrogens is 1. The van der Waals surface area contributed by atoms with E-state index >= 15 is 0 Å². The van der Waals surface area contributed by atoms with Crippen LogP contribution in [0.25, 0.3) is 0 Å². The first-order valence-corrected chi connectivity index (χ1v) is 8.01. The Hall–Kier alpha value is -2.60. The number of carbonyl (C=O) groups is 1. The quantitative estimate of drug-likeness (QED) is 0.848. The molecule has 2 N–H and O–H groups in total. The van der Waals surface area contributed by atoms with Gasteiger partial charge >= 0.3 is 0 Å². The van der Waals surface area contributed by atoms with E-state index in [1.54, 1.807) is 6.07 Å². The maximum atomic E-state index is 12.0. The molecule has 1 amide bonds. The minimum absolute atomic E-state index is 0.106. The van der Waals surface area contributed by atoms with E-state index in [2.05, 4.69) is 10.3 Å². The molecule has 1 saturated heterocycles. The van der Waals surface area contributed by atoms with Gasteiger partial charge in [0.05, 0.1) is 6.10 Å². The monoisotopic (exact) mass is 328 g/mol. The SMILES string of the molecule is O=C(NCc1ccc(OC[C@H]2CCCO2)cc1)c1ccc[nH]c1=O. The predicted molar refractivity (Wildman–Crippen MR) is 89.1 cm³/mol. The van der Waals surface area contributed by atoms with Gasteiger partial charge in [0.15, 0.2) is 0 Å². The minimum atomic E-state index is -0.395. The number of hydrogen-bond acceptors (Lipinski definition) is 4. The van der Waals surface area contributed by atoms with Crippen molar-refractivity contribution >= 4 is 5.91 Å². The molecule has 3 rings (SSSR count). The maximum absolute atomic E-state index is 12.0. The van der Waals surface area contributed by atoms with Gasteiger partial charge in [0.2, 0.25) is 0 Å². The van der Waals surface area contributed by atoms with Crippen LogP contribution in [0, 0.1) is 0 Å². The third kappa shape index (κ3) is 4.23. The van der Waals surface area contributed by atoms with E-state index in [-0.39, 0.29) is 11.7 Å². The molecule has 6 heteroatoms. The number of ether oxygens (including phenoxy) is 2. The average molecular weight is 328 g/mol. The molecule has 2 aromatic rings. The van der Waals surface area contributed by atoms with Crippen LogP contribution in [0.5, 0.6) is 5.75 Å².